The van der Waals surface area contributed by atoms with Crippen LogP contribution in [-0.2, 0) is 4.74 Å². The average molecular weight is 202 g/mol. The van der Waals surface area contributed by atoms with E-state index in [1.807, 2.05) is 24.3 Å². The van der Waals surface area contributed by atoms with Crippen LogP contribution in [0.5, 0.6) is 0 Å². The van der Waals surface area contributed by atoms with Gasteiger partial charge in [-0.25, -0.2) is 4.79 Å². The van der Waals surface area contributed by atoms with Crippen molar-refractivity contribution in [1.82, 2.24) is 0 Å². The molecule has 0 saturated heterocycles. The maximum absolute atomic E-state index is 11.5. The molecular weight excluding hydrogens is 188 g/mol. The van der Waals surface area contributed by atoms with Crippen LogP contribution in [0.2, 0.25) is 0 Å². The minimum Gasteiger partial charge on any atom is -0.462 e. The zero-order valence-corrected chi connectivity index (χ0v) is 8.56. The number of allylic oxidation sites excluding steroid dienone is 1. The molecule has 0 aromatic heterocycles. The van der Waals surface area contributed by atoms with E-state index in [0.717, 1.165) is 6.42 Å². The first-order valence-corrected chi connectivity index (χ1v) is 5.16. The Bertz CT molecular complexity index is 356. The Labute approximate surface area is 89.6 Å². The summed E-state index contributed by atoms with van der Waals surface area (Å²) in [5.41, 5.74) is 0.619. The zero-order chi connectivity index (χ0) is 10.7. The molecule has 1 aromatic carbocycles. The number of carbonyl (C=O) groups excluding carboxylic acids is 1. The predicted molar refractivity (Wildman–Crippen MR) is 58.5 cm³/mol. The van der Waals surface area contributed by atoms with E-state index in [2.05, 4.69) is 6.58 Å². The molecule has 2 atom stereocenters. The summed E-state index contributed by atoms with van der Waals surface area (Å²) in [5, 5.41) is 0. The second-order valence-electron chi connectivity index (χ2n) is 3.86. The SMILES string of the molecule is C=C[C@@H]1C[C@H]1COC(=O)c1ccccc1. The fraction of sp³-hybridized carbons (Fsp3) is 0.308. The highest BCUT2D eigenvalue weighted by atomic mass is 16.5. The lowest BCUT2D eigenvalue weighted by Crippen LogP contribution is -2.07. The third-order valence-electron chi connectivity index (χ3n) is 2.72. The molecule has 0 amide bonds. The van der Waals surface area contributed by atoms with Crippen molar-refractivity contribution in [3.05, 3.63) is 48.6 Å². The van der Waals surface area contributed by atoms with E-state index < -0.39 is 0 Å². The molecule has 2 rings (SSSR count). The molecule has 0 N–H and O–H groups in total. The summed E-state index contributed by atoms with van der Waals surface area (Å²) in [6.45, 7) is 4.24. The summed E-state index contributed by atoms with van der Waals surface area (Å²) in [6.07, 6.45) is 3.03. The molecule has 0 spiro atoms. The van der Waals surface area contributed by atoms with Crippen LogP contribution in [0.4, 0.5) is 0 Å². The van der Waals surface area contributed by atoms with Crippen LogP contribution in [0.15, 0.2) is 43.0 Å². The zero-order valence-electron chi connectivity index (χ0n) is 8.56. The van der Waals surface area contributed by atoms with Gasteiger partial charge in [-0.2, -0.15) is 0 Å². The average Bonchev–Trinajstić information content (AvgIpc) is 3.06. The second kappa shape index (κ2) is 4.30. The van der Waals surface area contributed by atoms with Gasteiger partial charge >= 0.3 is 5.97 Å². The first kappa shape index (κ1) is 9.97. The minimum absolute atomic E-state index is 0.231. The molecule has 1 fully saturated rings. The van der Waals surface area contributed by atoms with Crippen LogP contribution in [0, 0.1) is 11.8 Å². The molecule has 2 heteroatoms. The number of hydrogen-bond donors (Lipinski definition) is 0. The lowest BCUT2D eigenvalue weighted by Gasteiger charge is -2.03. The van der Waals surface area contributed by atoms with Gasteiger partial charge in [-0.1, -0.05) is 24.3 Å². The smallest absolute Gasteiger partial charge is 0.338 e. The summed E-state index contributed by atoms with van der Waals surface area (Å²) in [7, 11) is 0. The number of ether oxygens (including phenoxy) is 1. The molecule has 2 nitrogen and oxygen atoms in total. The van der Waals surface area contributed by atoms with Crippen molar-refractivity contribution in [1.29, 1.82) is 0 Å². The molecule has 1 aliphatic carbocycles. The van der Waals surface area contributed by atoms with E-state index >= 15 is 0 Å². The van der Waals surface area contributed by atoms with Crippen molar-refractivity contribution in [2.45, 2.75) is 6.42 Å². The topological polar surface area (TPSA) is 26.3 Å². The molecule has 0 aliphatic heterocycles. The van der Waals surface area contributed by atoms with Crippen molar-refractivity contribution >= 4 is 5.97 Å². The van der Waals surface area contributed by atoms with Gasteiger partial charge in [0.15, 0.2) is 0 Å². The van der Waals surface area contributed by atoms with Crippen molar-refractivity contribution in [2.24, 2.45) is 11.8 Å². The molecule has 15 heavy (non-hydrogen) atoms. The highest BCUT2D eigenvalue weighted by Crippen LogP contribution is 2.39. The van der Waals surface area contributed by atoms with Crippen LogP contribution in [0.1, 0.15) is 16.8 Å². The monoisotopic (exact) mass is 202 g/mol. The fourth-order valence-electron chi connectivity index (χ4n) is 1.59. The normalized spacial score (nSPS) is 23.2. The summed E-state index contributed by atoms with van der Waals surface area (Å²) >= 11 is 0. The number of esters is 1. The molecule has 1 aromatic rings. The van der Waals surface area contributed by atoms with Crippen molar-refractivity contribution in [2.75, 3.05) is 6.61 Å². The third kappa shape index (κ3) is 2.46. The predicted octanol–water partition coefficient (Wildman–Crippen LogP) is 2.67. The van der Waals surface area contributed by atoms with E-state index in [1.54, 1.807) is 12.1 Å². The summed E-state index contributed by atoms with van der Waals surface area (Å²) in [6, 6.07) is 9.08. The molecule has 0 radical (unpaired) electrons. The first-order chi connectivity index (χ1) is 7.31. The molecule has 0 heterocycles. The van der Waals surface area contributed by atoms with Crippen LogP contribution in [-0.4, -0.2) is 12.6 Å². The Morgan fingerprint density at radius 1 is 1.47 bits per heavy atom. The summed E-state index contributed by atoms with van der Waals surface area (Å²) in [4.78, 5) is 11.5. The number of carbonyl (C=O) groups is 1. The van der Waals surface area contributed by atoms with E-state index in [4.69, 9.17) is 4.74 Å². The van der Waals surface area contributed by atoms with Crippen molar-refractivity contribution in [3.8, 4) is 0 Å². The molecule has 0 unspecified atom stereocenters. The summed E-state index contributed by atoms with van der Waals surface area (Å²) in [5.74, 6) is 0.814. The van der Waals surface area contributed by atoms with Gasteiger partial charge in [-0.05, 0) is 30.4 Å². The van der Waals surface area contributed by atoms with Gasteiger partial charge in [-0.15, -0.1) is 6.58 Å². The van der Waals surface area contributed by atoms with Gasteiger partial charge in [0.1, 0.15) is 0 Å². The number of hydrogen-bond acceptors (Lipinski definition) is 2. The van der Waals surface area contributed by atoms with Crippen LogP contribution in [0.25, 0.3) is 0 Å². The van der Waals surface area contributed by atoms with Gasteiger partial charge in [0.2, 0.25) is 0 Å². The van der Waals surface area contributed by atoms with Gasteiger partial charge in [0, 0.05) is 0 Å². The molecule has 0 bridgehead atoms. The second-order valence-corrected chi connectivity index (χ2v) is 3.86. The molecule has 1 saturated carbocycles. The Balaban J connectivity index is 1.81. The third-order valence-corrected chi connectivity index (χ3v) is 2.72. The minimum atomic E-state index is -0.231. The van der Waals surface area contributed by atoms with Crippen LogP contribution < -0.4 is 0 Å². The van der Waals surface area contributed by atoms with E-state index in [1.165, 1.54) is 0 Å². The molecular formula is C13H14O2. The lowest BCUT2D eigenvalue weighted by molar-refractivity contribution is 0.0482. The van der Waals surface area contributed by atoms with Crippen molar-refractivity contribution < 1.29 is 9.53 Å². The van der Waals surface area contributed by atoms with Gasteiger partial charge in [0.25, 0.3) is 0 Å². The fourth-order valence-corrected chi connectivity index (χ4v) is 1.59. The van der Waals surface area contributed by atoms with Gasteiger partial charge < -0.3 is 4.74 Å². The van der Waals surface area contributed by atoms with Crippen LogP contribution >= 0.6 is 0 Å². The largest absolute Gasteiger partial charge is 0.462 e. The Kier molecular flexibility index (Phi) is 2.86. The quantitative estimate of drug-likeness (QED) is 0.554. The molecule has 78 valence electrons. The Morgan fingerprint density at radius 3 is 2.80 bits per heavy atom. The van der Waals surface area contributed by atoms with E-state index in [9.17, 15) is 4.79 Å². The first-order valence-electron chi connectivity index (χ1n) is 5.16. The van der Waals surface area contributed by atoms with Gasteiger partial charge in [0.05, 0.1) is 12.2 Å². The van der Waals surface area contributed by atoms with E-state index in [-0.39, 0.29) is 5.97 Å². The number of benzene rings is 1. The maximum Gasteiger partial charge on any atom is 0.338 e. The number of rotatable bonds is 4. The Morgan fingerprint density at radius 2 is 2.20 bits per heavy atom. The highest BCUT2D eigenvalue weighted by Gasteiger charge is 2.35. The van der Waals surface area contributed by atoms with Gasteiger partial charge in [-0.3, -0.25) is 0 Å². The lowest BCUT2D eigenvalue weighted by atomic mass is 10.2. The Hall–Kier alpha value is -1.57. The summed E-state index contributed by atoms with van der Waals surface area (Å²) < 4.78 is 5.20. The highest BCUT2D eigenvalue weighted by molar-refractivity contribution is 5.89. The molecule has 1 aliphatic rings. The van der Waals surface area contributed by atoms with E-state index in [0.29, 0.717) is 24.0 Å². The maximum atomic E-state index is 11.5. The van der Waals surface area contributed by atoms with Crippen molar-refractivity contribution in [3.63, 3.8) is 0 Å². The standard InChI is InChI=1S/C13H14O2/c1-2-10-8-12(10)9-15-13(14)11-6-4-3-5-7-11/h2-7,10,12H,1,8-9H2/t10-,12+/m1/s1. The van der Waals surface area contributed by atoms with Crippen LogP contribution in [0.3, 0.4) is 0 Å².